The van der Waals surface area contributed by atoms with Gasteiger partial charge >= 0.3 is 0 Å². The Balaban J connectivity index is 1.91. The van der Waals surface area contributed by atoms with Crippen LogP contribution in [0.4, 0.5) is 5.69 Å². The number of amides is 2. The van der Waals surface area contributed by atoms with Gasteiger partial charge in [0.2, 0.25) is 0 Å². The number of hydrogen-bond acceptors (Lipinski definition) is 4. The van der Waals surface area contributed by atoms with Crippen LogP contribution < -0.4 is 5.32 Å². The number of carbonyl (C=O) groups is 2. The summed E-state index contributed by atoms with van der Waals surface area (Å²) < 4.78 is 11.0. The number of anilines is 1. The van der Waals surface area contributed by atoms with E-state index in [-0.39, 0.29) is 24.2 Å². The lowest BCUT2D eigenvalue weighted by Crippen LogP contribution is -2.22. The van der Waals surface area contributed by atoms with Crippen LogP contribution in [-0.2, 0) is 11.3 Å². The molecular formula is C20H20N2O4. The number of furan rings is 1. The zero-order chi connectivity index (χ0) is 18.7. The zero-order valence-electron chi connectivity index (χ0n) is 14.9. The quantitative estimate of drug-likeness (QED) is 0.762. The van der Waals surface area contributed by atoms with Gasteiger partial charge in [-0.1, -0.05) is 24.3 Å². The van der Waals surface area contributed by atoms with Crippen molar-refractivity contribution in [2.24, 2.45) is 0 Å². The van der Waals surface area contributed by atoms with Crippen LogP contribution in [0.25, 0.3) is 11.0 Å². The molecule has 0 atom stereocenters. The lowest BCUT2D eigenvalue weighted by Gasteiger charge is -2.11. The number of methoxy groups -OCH3 is 1. The van der Waals surface area contributed by atoms with E-state index >= 15 is 0 Å². The number of rotatable bonds is 5. The highest BCUT2D eigenvalue weighted by Crippen LogP contribution is 2.27. The molecule has 26 heavy (non-hydrogen) atoms. The van der Waals surface area contributed by atoms with Gasteiger partial charge in [0.25, 0.3) is 11.8 Å². The Morgan fingerprint density at radius 3 is 2.62 bits per heavy atom. The molecule has 1 aromatic heterocycles. The van der Waals surface area contributed by atoms with Gasteiger partial charge in [-0.2, -0.15) is 0 Å². The smallest absolute Gasteiger partial charge is 0.291 e. The number of benzene rings is 2. The summed E-state index contributed by atoms with van der Waals surface area (Å²) in [6.07, 6.45) is 0. The standard InChI is InChI=1S/C20H20N2O4/c1-22(2)20(24)13-7-6-8-14(11-13)21-19(23)18-16(12-25-3)15-9-4-5-10-17(15)26-18/h4-11H,12H2,1-3H3,(H,21,23). The van der Waals surface area contributed by atoms with Gasteiger partial charge in [-0.05, 0) is 24.3 Å². The van der Waals surface area contributed by atoms with Crippen molar-refractivity contribution in [2.45, 2.75) is 6.61 Å². The molecule has 6 heteroatoms. The average molecular weight is 352 g/mol. The minimum Gasteiger partial charge on any atom is -0.451 e. The first-order chi connectivity index (χ1) is 12.5. The molecular weight excluding hydrogens is 332 g/mol. The van der Waals surface area contributed by atoms with E-state index in [0.717, 1.165) is 5.39 Å². The predicted octanol–water partition coefficient (Wildman–Crippen LogP) is 3.53. The number of ether oxygens (including phenoxy) is 1. The second-order valence-electron chi connectivity index (χ2n) is 6.07. The third-order valence-electron chi connectivity index (χ3n) is 3.97. The van der Waals surface area contributed by atoms with Gasteiger partial charge < -0.3 is 19.4 Å². The first kappa shape index (κ1) is 17.7. The van der Waals surface area contributed by atoms with E-state index in [9.17, 15) is 9.59 Å². The van der Waals surface area contributed by atoms with Gasteiger partial charge in [-0.15, -0.1) is 0 Å². The average Bonchev–Trinajstić information content (AvgIpc) is 3.00. The van der Waals surface area contributed by atoms with E-state index in [1.165, 1.54) is 4.90 Å². The van der Waals surface area contributed by atoms with Crippen LogP contribution in [0.1, 0.15) is 26.5 Å². The molecule has 1 heterocycles. The summed E-state index contributed by atoms with van der Waals surface area (Å²) in [4.78, 5) is 26.3. The molecule has 3 aromatic rings. The molecule has 3 rings (SSSR count). The van der Waals surface area contributed by atoms with Crippen LogP contribution in [0, 0.1) is 0 Å². The normalized spacial score (nSPS) is 10.7. The number of para-hydroxylation sites is 1. The van der Waals surface area contributed by atoms with Crippen molar-refractivity contribution >= 4 is 28.5 Å². The van der Waals surface area contributed by atoms with Crippen molar-refractivity contribution < 1.29 is 18.7 Å². The van der Waals surface area contributed by atoms with Crippen LogP contribution in [0.2, 0.25) is 0 Å². The first-order valence-corrected chi connectivity index (χ1v) is 8.13. The van der Waals surface area contributed by atoms with Crippen LogP contribution in [0.3, 0.4) is 0 Å². The van der Waals surface area contributed by atoms with Crippen LogP contribution in [0.15, 0.2) is 52.9 Å². The predicted molar refractivity (Wildman–Crippen MR) is 99.3 cm³/mol. The largest absolute Gasteiger partial charge is 0.451 e. The van der Waals surface area contributed by atoms with E-state index in [1.807, 2.05) is 24.3 Å². The minimum atomic E-state index is -0.386. The molecule has 0 unspecified atom stereocenters. The fraction of sp³-hybridized carbons (Fsp3) is 0.200. The summed E-state index contributed by atoms with van der Waals surface area (Å²) in [5.74, 6) is -0.315. The second kappa shape index (κ2) is 7.41. The Morgan fingerprint density at radius 2 is 1.88 bits per heavy atom. The van der Waals surface area contributed by atoms with E-state index in [4.69, 9.17) is 9.15 Å². The molecule has 0 spiro atoms. The fourth-order valence-electron chi connectivity index (χ4n) is 2.75. The van der Waals surface area contributed by atoms with Gasteiger partial charge in [0, 0.05) is 43.4 Å². The number of hydrogen-bond donors (Lipinski definition) is 1. The number of nitrogens with one attached hydrogen (secondary N) is 1. The van der Waals surface area contributed by atoms with E-state index in [0.29, 0.717) is 22.4 Å². The molecule has 2 aromatic carbocycles. The summed E-state index contributed by atoms with van der Waals surface area (Å²) >= 11 is 0. The van der Waals surface area contributed by atoms with Crippen molar-refractivity contribution in [1.82, 2.24) is 4.90 Å². The maximum Gasteiger partial charge on any atom is 0.291 e. The zero-order valence-corrected chi connectivity index (χ0v) is 14.9. The molecule has 0 aliphatic heterocycles. The number of nitrogens with zero attached hydrogens (tertiary/aromatic N) is 1. The summed E-state index contributed by atoms with van der Waals surface area (Å²) in [6.45, 7) is 0.263. The van der Waals surface area contributed by atoms with Gasteiger partial charge in [-0.3, -0.25) is 9.59 Å². The highest BCUT2D eigenvalue weighted by Gasteiger charge is 2.20. The summed E-state index contributed by atoms with van der Waals surface area (Å²) in [6, 6.07) is 14.2. The lowest BCUT2D eigenvalue weighted by atomic mass is 10.1. The monoisotopic (exact) mass is 352 g/mol. The van der Waals surface area contributed by atoms with Crippen molar-refractivity contribution in [3.8, 4) is 0 Å². The first-order valence-electron chi connectivity index (χ1n) is 8.13. The van der Waals surface area contributed by atoms with Crippen molar-refractivity contribution in [3.63, 3.8) is 0 Å². The fourth-order valence-corrected chi connectivity index (χ4v) is 2.75. The molecule has 2 amide bonds. The lowest BCUT2D eigenvalue weighted by molar-refractivity contribution is 0.0827. The molecule has 6 nitrogen and oxygen atoms in total. The maximum atomic E-state index is 12.7. The highest BCUT2D eigenvalue weighted by molar-refractivity contribution is 6.07. The molecule has 0 aliphatic rings. The van der Waals surface area contributed by atoms with Gasteiger partial charge in [0.05, 0.1) is 6.61 Å². The third kappa shape index (κ3) is 3.45. The van der Waals surface area contributed by atoms with E-state index in [2.05, 4.69) is 5.32 Å². The van der Waals surface area contributed by atoms with Crippen LogP contribution >= 0.6 is 0 Å². The molecule has 134 valence electrons. The maximum absolute atomic E-state index is 12.7. The molecule has 1 N–H and O–H groups in total. The van der Waals surface area contributed by atoms with Crippen molar-refractivity contribution in [3.05, 3.63) is 65.4 Å². The number of fused-ring (bicyclic) bond motifs is 1. The summed E-state index contributed by atoms with van der Waals surface area (Å²) in [5.41, 5.74) is 2.34. The molecule has 0 saturated heterocycles. The van der Waals surface area contributed by atoms with Crippen LogP contribution in [-0.4, -0.2) is 37.9 Å². The minimum absolute atomic E-state index is 0.134. The Kier molecular flexibility index (Phi) is 5.04. The number of carbonyl (C=O) groups excluding carboxylic acids is 2. The molecule has 0 aliphatic carbocycles. The van der Waals surface area contributed by atoms with E-state index in [1.54, 1.807) is 45.5 Å². The highest BCUT2D eigenvalue weighted by atomic mass is 16.5. The SMILES string of the molecule is COCc1c(C(=O)Nc2cccc(C(=O)N(C)C)c2)oc2ccccc12. The Morgan fingerprint density at radius 1 is 1.12 bits per heavy atom. The van der Waals surface area contributed by atoms with Gasteiger partial charge in [0.15, 0.2) is 5.76 Å². The molecule has 0 radical (unpaired) electrons. The Labute approximate surface area is 151 Å². The van der Waals surface area contributed by atoms with Crippen molar-refractivity contribution in [1.29, 1.82) is 0 Å². The Bertz CT molecular complexity index is 959. The van der Waals surface area contributed by atoms with Gasteiger partial charge in [0.1, 0.15) is 5.58 Å². The molecule has 0 saturated carbocycles. The van der Waals surface area contributed by atoms with Crippen LogP contribution in [0.5, 0.6) is 0 Å². The molecule has 0 fully saturated rings. The van der Waals surface area contributed by atoms with E-state index < -0.39 is 0 Å². The Hall–Kier alpha value is -3.12. The summed E-state index contributed by atoms with van der Waals surface area (Å²) in [5, 5.41) is 3.64. The summed E-state index contributed by atoms with van der Waals surface area (Å²) in [7, 11) is 4.93. The third-order valence-corrected chi connectivity index (χ3v) is 3.97. The van der Waals surface area contributed by atoms with Gasteiger partial charge in [-0.25, -0.2) is 0 Å². The van der Waals surface area contributed by atoms with Crippen molar-refractivity contribution in [2.75, 3.05) is 26.5 Å². The topological polar surface area (TPSA) is 71.8 Å². The second-order valence-corrected chi connectivity index (χ2v) is 6.07. The molecule has 0 bridgehead atoms.